The Morgan fingerprint density at radius 2 is 2.17 bits per heavy atom. The van der Waals surface area contributed by atoms with Crippen LogP contribution in [0.3, 0.4) is 0 Å². The summed E-state index contributed by atoms with van der Waals surface area (Å²) >= 11 is 0. The van der Waals surface area contributed by atoms with Gasteiger partial charge in [0.25, 0.3) is 0 Å². The Morgan fingerprint density at radius 3 is 2.88 bits per heavy atom. The second-order valence-corrected chi connectivity index (χ2v) is 10.9. The molecular formula is C31H37F2N7O. The number of alkyl halides is 2. The number of aromatic nitrogens is 2. The molecule has 0 unspecified atom stereocenters. The number of fused-ring (bicyclic) bond motifs is 3. The number of benzene rings is 1. The van der Waals surface area contributed by atoms with Crippen LogP contribution in [-0.2, 0) is 24.3 Å². The highest BCUT2D eigenvalue weighted by Crippen LogP contribution is 2.51. The van der Waals surface area contributed by atoms with Crippen LogP contribution in [0.25, 0.3) is 11.0 Å². The van der Waals surface area contributed by atoms with E-state index >= 15 is 0 Å². The van der Waals surface area contributed by atoms with Crippen LogP contribution < -0.4 is 16.2 Å². The summed E-state index contributed by atoms with van der Waals surface area (Å²) in [7, 11) is 1.89. The maximum atomic E-state index is 13.2. The zero-order chi connectivity index (χ0) is 29.5. The minimum atomic E-state index is -2.44. The molecule has 0 bridgehead atoms. The fourth-order valence-electron chi connectivity index (χ4n) is 5.62. The zero-order valence-corrected chi connectivity index (χ0v) is 23.6. The number of aliphatic imine (C=N–C) groups is 1. The first-order chi connectivity index (χ1) is 19.7. The third-order valence-corrected chi connectivity index (χ3v) is 7.67. The SMILES string of the molecule is C=C/C=C(\N=CCc1ccc2nc3n(c2c1)CNNC(=O)C/C=C\C=C(\CC(F)F)CC3)C1(NC)CC(C)(C#N)C1. The number of nitrogens with one attached hydrogen (secondary N) is 3. The smallest absolute Gasteiger partial charge is 0.242 e. The van der Waals surface area contributed by atoms with Gasteiger partial charge in [0.05, 0.1) is 40.4 Å². The molecule has 216 valence electrons. The van der Waals surface area contributed by atoms with Crippen LogP contribution in [0, 0.1) is 16.7 Å². The predicted octanol–water partition coefficient (Wildman–Crippen LogP) is 5.05. The molecule has 1 fully saturated rings. The van der Waals surface area contributed by atoms with Gasteiger partial charge in [-0.2, -0.15) is 5.26 Å². The van der Waals surface area contributed by atoms with Crippen molar-refractivity contribution in [2.75, 3.05) is 7.05 Å². The fraction of sp³-hybridized carbons (Fsp3) is 0.419. The first-order valence-electron chi connectivity index (χ1n) is 13.8. The topological polar surface area (TPSA) is 107 Å². The van der Waals surface area contributed by atoms with Crippen molar-refractivity contribution in [3.8, 4) is 6.07 Å². The number of carbonyl (C=O) groups excluding carboxylic acids is 1. The second kappa shape index (κ2) is 13.1. The Labute approximate surface area is 239 Å². The van der Waals surface area contributed by atoms with Gasteiger partial charge in [-0.25, -0.2) is 19.2 Å². The number of likely N-dealkylation sites (N-methyl/N-ethyl adjacent to an activating group) is 1. The Morgan fingerprint density at radius 1 is 1.37 bits per heavy atom. The number of hydrogen-bond acceptors (Lipinski definition) is 6. The number of nitriles is 1. The number of hydrogen-bond donors (Lipinski definition) is 3. The summed E-state index contributed by atoms with van der Waals surface area (Å²) in [5.74, 6) is 0.519. The Hall–Kier alpha value is -3.94. The number of imidazole rings is 1. The lowest BCUT2D eigenvalue weighted by Gasteiger charge is -2.51. The van der Waals surface area contributed by atoms with Gasteiger partial charge < -0.3 is 9.88 Å². The monoisotopic (exact) mass is 561 g/mol. The molecule has 8 nitrogen and oxygen atoms in total. The van der Waals surface area contributed by atoms with Gasteiger partial charge in [0, 0.05) is 31.9 Å². The Kier molecular flexibility index (Phi) is 9.63. The van der Waals surface area contributed by atoms with E-state index < -0.39 is 6.43 Å². The average molecular weight is 562 g/mol. The summed E-state index contributed by atoms with van der Waals surface area (Å²) in [4.78, 5) is 21.7. The average Bonchev–Trinajstić information content (AvgIpc) is 3.28. The summed E-state index contributed by atoms with van der Waals surface area (Å²) in [5.41, 5.74) is 9.04. The normalized spacial score (nSPS) is 26.1. The van der Waals surface area contributed by atoms with Gasteiger partial charge in [-0.05, 0) is 57.0 Å². The van der Waals surface area contributed by atoms with Gasteiger partial charge in [0.1, 0.15) is 5.82 Å². The molecule has 1 saturated carbocycles. The number of halogens is 2. The van der Waals surface area contributed by atoms with Crippen LogP contribution in [0.4, 0.5) is 8.78 Å². The van der Waals surface area contributed by atoms with E-state index in [4.69, 9.17) is 9.98 Å². The molecule has 1 amide bonds. The van der Waals surface area contributed by atoms with Crippen molar-refractivity contribution in [1.82, 2.24) is 25.7 Å². The quantitative estimate of drug-likeness (QED) is 0.309. The lowest BCUT2D eigenvalue weighted by atomic mass is 9.57. The van der Waals surface area contributed by atoms with Crippen LogP contribution in [0.1, 0.15) is 50.4 Å². The van der Waals surface area contributed by atoms with Gasteiger partial charge >= 0.3 is 0 Å². The molecule has 0 atom stereocenters. The lowest BCUT2D eigenvalue weighted by Crippen LogP contribution is -2.59. The van der Waals surface area contributed by atoms with E-state index in [1.165, 1.54) is 0 Å². The van der Waals surface area contributed by atoms with Gasteiger partial charge in [-0.1, -0.05) is 42.5 Å². The second-order valence-electron chi connectivity index (χ2n) is 10.9. The molecule has 4 rings (SSSR count). The van der Waals surface area contributed by atoms with Crippen molar-refractivity contribution >= 4 is 23.2 Å². The van der Waals surface area contributed by atoms with Crippen molar-refractivity contribution in [3.63, 3.8) is 0 Å². The first-order valence-corrected chi connectivity index (χ1v) is 13.8. The van der Waals surface area contributed by atoms with Gasteiger partial charge in [-0.3, -0.25) is 15.2 Å². The summed E-state index contributed by atoms with van der Waals surface area (Å²) in [5, 5.41) is 12.9. The van der Waals surface area contributed by atoms with Crippen LogP contribution in [0.15, 0.2) is 71.4 Å². The van der Waals surface area contributed by atoms with E-state index in [0.29, 0.717) is 37.7 Å². The van der Waals surface area contributed by atoms with E-state index in [9.17, 15) is 18.8 Å². The highest BCUT2D eigenvalue weighted by atomic mass is 19.3. The van der Waals surface area contributed by atoms with Crippen molar-refractivity contribution < 1.29 is 13.6 Å². The lowest BCUT2D eigenvalue weighted by molar-refractivity contribution is -0.121. The Balaban J connectivity index is 1.57. The zero-order valence-electron chi connectivity index (χ0n) is 23.6. The molecule has 0 saturated heterocycles. The largest absolute Gasteiger partial charge is 0.313 e. The number of allylic oxidation sites excluding steroid dienone is 5. The summed E-state index contributed by atoms with van der Waals surface area (Å²) in [6, 6.07) is 8.38. The van der Waals surface area contributed by atoms with Crippen LogP contribution in [-0.4, -0.2) is 40.7 Å². The molecule has 0 radical (unpaired) electrons. The minimum Gasteiger partial charge on any atom is -0.313 e. The van der Waals surface area contributed by atoms with E-state index in [-0.39, 0.29) is 36.4 Å². The van der Waals surface area contributed by atoms with Crippen molar-refractivity contribution in [1.29, 1.82) is 5.26 Å². The number of carbonyl (C=O) groups is 1. The third kappa shape index (κ3) is 7.23. The van der Waals surface area contributed by atoms with E-state index in [2.05, 4.69) is 28.8 Å². The highest BCUT2D eigenvalue weighted by molar-refractivity contribution is 5.79. The maximum absolute atomic E-state index is 13.2. The van der Waals surface area contributed by atoms with E-state index in [1.807, 2.05) is 49.0 Å². The van der Waals surface area contributed by atoms with Crippen LogP contribution >= 0.6 is 0 Å². The van der Waals surface area contributed by atoms with E-state index in [1.54, 1.807) is 24.3 Å². The van der Waals surface area contributed by atoms with Gasteiger partial charge in [0.15, 0.2) is 0 Å². The molecule has 3 N–H and O–H groups in total. The minimum absolute atomic E-state index is 0.138. The highest BCUT2D eigenvalue weighted by Gasteiger charge is 2.53. The van der Waals surface area contributed by atoms with Crippen molar-refractivity contribution in [2.24, 2.45) is 10.4 Å². The summed E-state index contributed by atoms with van der Waals surface area (Å²) in [6.45, 7) is 6.08. The van der Waals surface area contributed by atoms with Crippen molar-refractivity contribution in [3.05, 3.63) is 77.8 Å². The number of hydrazine groups is 1. The number of amides is 1. The van der Waals surface area contributed by atoms with Crippen LogP contribution in [0.2, 0.25) is 0 Å². The standard InChI is InChI=1S/C31H37F2N7O/c1-4-7-26(31(35-3)18-30(2,19-31)20-34)36-15-14-23-10-12-24-25(16-23)40-21-37-39-29(41)9-6-5-8-22(17-27(32)33)11-13-28(40)38-24/h4-8,10,12,15-16,27,35,37H,1,9,11,13-14,17-19,21H2,2-3H3,(H,39,41)/b6-5-,22-8+,26-7-,36-15?. The number of rotatable bonds is 8. The van der Waals surface area contributed by atoms with Gasteiger partial charge in [-0.15, -0.1) is 0 Å². The molecule has 1 aromatic heterocycles. The molecule has 10 heteroatoms. The number of aryl methyl sites for hydroxylation is 1. The Bertz CT molecular complexity index is 1440. The third-order valence-electron chi connectivity index (χ3n) is 7.67. The molecule has 2 aliphatic rings. The molecule has 2 heterocycles. The molecule has 1 aromatic carbocycles. The maximum Gasteiger partial charge on any atom is 0.242 e. The number of nitrogens with zero attached hydrogens (tertiary/aromatic N) is 4. The summed E-state index contributed by atoms with van der Waals surface area (Å²) < 4.78 is 28.3. The van der Waals surface area contributed by atoms with E-state index in [0.717, 1.165) is 28.1 Å². The molecule has 41 heavy (non-hydrogen) atoms. The first kappa shape index (κ1) is 30.0. The predicted molar refractivity (Wildman–Crippen MR) is 157 cm³/mol. The van der Waals surface area contributed by atoms with Crippen LogP contribution in [0.5, 0.6) is 0 Å². The van der Waals surface area contributed by atoms with Crippen molar-refractivity contribution in [2.45, 2.75) is 70.5 Å². The molecule has 2 aromatic rings. The summed E-state index contributed by atoms with van der Waals surface area (Å²) in [6.07, 6.45) is 10.7. The fourth-order valence-corrected chi connectivity index (χ4v) is 5.62. The molecule has 0 spiro atoms. The molecule has 1 aliphatic heterocycles. The van der Waals surface area contributed by atoms with Gasteiger partial charge in [0.2, 0.25) is 12.3 Å². The molecule has 1 aliphatic carbocycles. The molecular weight excluding hydrogens is 524 g/mol.